The number of fused-ring (bicyclic) bond motifs is 3. The Morgan fingerprint density at radius 1 is 1.04 bits per heavy atom. The minimum absolute atomic E-state index is 0.0918. The van der Waals surface area contributed by atoms with Crippen LogP contribution in [0.5, 0.6) is 0 Å². The maximum absolute atomic E-state index is 6.17. The molecule has 28 heavy (non-hydrogen) atoms. The highest BCUT2D eigenvalue weighted by Crippen LogP contribution is 2.39. The van der Waals surface area contributed by atoms with Gasteiger partial charge < -0.3 is 18.9 Å². The average molecular weight is 370 g/mol. The number of hydrogen-bond donors (Lipinski definition) is 0. The maximum Gasteiger partial charge on any atom is 0.410 e. The molecule has 5 nitrogen and oxygen atoms in total. The Bertz CT molecular complexity index is 1100. The molecule has 0 saturated carbocycles. The Balaban J connectivity index is 1.51. The predicted octanol–water partition coefficient (Wildman–Crippen LogP) is 4.66. The van der Waals surface area contributed by atoms with E-state index in [4.69, 9.17) is 4.42 Å². The summed E-state index contributed by atoms with van der Waals surface area (Å²) in [4.78, 5) is 11.5. The van der Waals surface area contributed by atoms with Gasteiger partial charge in [-0.2, -0.15) is 0 Å². The molecule has 6 heteroatoms. The number of nitrogens with zero attached hydrogens (tertiary/aromatic N) is 4. The van der Waals surface area contributed by atoms with Crippen LogP contribution in [0.4, 0.5) is 11.6 Å². The topological polar surface area (TPSA) is 35.8 Å². The van der Waals surface area contributed by atoms with E-state index >= 15 is 0 Å². The van der Waals surface area contributed by atoms with Crippen LogP contribution >= 0.6 is 0 Å². The molecule has 5 rings (SSSR count). The molecule has 0 bridgehead atoms. The second-order valence-corrected chi connectivity index (χ2v) is 7.62. The zero-order valence-electron chi connectivity index (χ0n) is 16.6. The number of hydrogen-bond acceptors (Lipinski definition) is 5. The van der Waals surface area contributed by atoms with Crippen molar-refractivity contribution < 1.29 is 4.42 Å². The molecule has 0 N–H and O–H groups in total. The largest absolute Gasteiger partial charge is 0.423 e. The van der Waals surface area contributed by atoms with Crippen LogP contribution in [0.15, 0.2) is 64.8 Å². The summed E-state index contributed by atoms with van der Waals surface area (Å²) >= 11 is 0. The van der Waals surface area contributed by atoms with E-state index in [-0.39, 0.29) is 13.1 Å². The lowest BCUT2D eigenvalue weighted by atomic mass is 9.61. The SMILES string of the molecule is CC1=Cc2c(oc3nc(C)ccc23)N(C)B1N1C=CN(c2ccccc2)[C@@H]1C. The molecule has 0 aliphatic carbocycles. The van der Waals surface area contributed by atoms with Crippen molar-refractivity contribution in [2.75, 3.05) is 16.8 Å². The van der Waals surface area contributed by atoms with Crippen molar-refractivity contribution in [1.82, 2.24) is 9.79 Å². The van der Waals surface area contributed by atoms with Crippen molar-refractivity contribution in [2.24, 2.45) is 0 Å². The molecule has 1 aromatic carbocycles. The van der Waals surface area contributed by atoms with E-state index in [1.54, 1.807) is 0 Å². The summed E-state index contributed by atoms with van der Waals surface area (Å²) in [6.07, 6.45) is 6.77. The normalized spacial score (nSPS) is 18.9. The molecule has 0 amide bonds. The van der Waals surface area contributed by atoms with Crippen LogP contribution in [0.3, 0.4) is 0 Å². The third kappa shape index (κ3) is 2.44. The molecule has 1 atom stereocenters. The lowest BCUT2D eigenvalue weighted by molar-refractivity contribution is 0.472. The number of furan rings is 1. The summed E-state index contributed by atoms with van der Waals surface area (Å²) in [6, 6.07) is 14.6. The molecule has 2 aliphatic heterocycles. The molecule has 4 heterocycles. The van der Waals surface area contributed by atoms with Crippen LogP contribution in [0.25, 0.3) is 17.2 Å². The third-order valence-electron chi connectivity index (χ3n) is 5.75. The molecule has 0 saturated heterocycles. The average Bonchev–Trinajstić information content (AvgIpc) is 3.23. The first-order chi connectivity index (χ1) is 13.5. The Morgan fingerprint density at radius 3 is 2.61 bits per heavy atom. The fourth-order valence-electron chi connectivity index (χ4n) is 4.36. The van der Waals surface area contributed by atoms with Gasteiger partial charge in [0, 0.05) is 34.7 Å². The number of rotatable bonds is 2. The number of benzene rings is 1. The van der Waals surface area contributed by atoms with E-state index in [2.05, 4.69) is 89.2 Å². The van der Waals surface area contributed by atoms with Gasteiger partial charge in [0.25, 0.3) is 0 Å². The molecule has 0 unspecified atom stereocenters. The minimum Gasteiger partial charge on any atom is -0.423 e. The van der Waals surface area contributed by atoms with E-state index in [1.165, 1.54) is 11.2 Å². The van der Waals surface area contributed by atoms with Crippen LogP contribution in [-0.2, 0) is 0 Å². The van der Waals surface area contributed by atoms with Gasteiger partial charge in [0.15, 0.2) is 5.88 Å². The molecular weight excluding hydrogens is 347 g/mol. The van der Waals surface area contributed by atoms with Crippen molar-refractivity contribution in [3.63, 3.8) is 0 Å². The van der Waals surface area contributed by atoms with Crippen LogP contribution in [-0.4, -0.2) is 30.0 Å². The third-order valence-corrected chi connectivity index (χ3v) is 5.75. The number of para-hydroxylation sites is 1. The van der Waals surface area contributed by atoms with Crippen molar-refractivity contribution >= 4 is 35.7 Å². The highest BCUT2D eigenvalue weighted by atomic mass is 16.4. The van der Waals surface area contributed by atoms with Crippen molar-refractivity contribution in [2.45, 2.75) is 26.9 Å². The van der Waals surface area contributed by atoms with E-state index in [1.807, 2.05) is 19.1 Å². The number of aromatic nitrogens is 1. The van der Waals surface area contributed by atoms with Crippen LogP contribution in [0.1, 0.15) is 25.1 Å². The molecule has 0 fully saturated rings. The molecule has 0 spiro atoms. The smallest absolute Gasteiger partial charge is 0.410 e. The summed E-state index contributed by atoms with van der Waals surface area (Å²) in [6.45, 7) is 6.50. The summed E-state index contributed by atoms with van der Waals surface area (Å²) in [5.41, 5.74) is 5.27. The fourth-order valence-corrected chi connectivity index (χ4v) is 4.36. The molecule has 3 aromatic rings. The van der Waals surface area contributed by atoms with E-state index in [9.17, 15) is 0 Å². The van der Waals surface area contributed by atoms with Gasteiger partial charge in [-0.1, -0.05) is 29.7 Å². The lowest BCUT2D eigenvalue weighted by Gasteiger charge is -2.39. The summed E-state index contributed by atoms with van der Waals surface area (Å²) < 4.78 is 6.17. The van der Waals surface area contributed by atoms with Gasteiger partial charge >= 0.3 is 6.98 Å². The van der Waals surface area contributed by atoms with Gasteiger partial charge in [-0.05, 0) is 52.1 Å². The Morgan fingerprint density at radius 2 is 1.82 bits per heavy atom. The minimum atomic E-state index is 0.0918. The second-order valence-electron chi connectivity index (χ2n) is 7.62. The second kappa shape index (κ2) is 6.19. The first-order valence-electron chi connectivity index (χ1n) is 9.65. The number of pyridine rings is 1. The summed E-state index contributed by atoms with van der Waals surface area (Å²) in [7, 11) is 2.10. The molecule has 2 aromatic heterocycles. The number of anilines is 2. The van der Waals surface area contributed by atoms with E-state index < -0.39 is 0 Å². The van der Waals surface area contributed by atoms with Crippen LogP contribution in [0.2, 0.25) is 0 Å². The first-order valence-corrected chi connectivity index (χ1v) is 9.65. The molecule has 2 aliphatic rings. The fraction of sp³-hybridized carbons (Fsp3) is 0.227. The van der Waals surface area contributed by atoms with Gasteiger partial charge in [-0.25, -0.2) is 4.98 Å². The van der Waals surface area contributed by atoms with Crippen LogP contribution < -0.4 is 9.71 Å². The molecule has 140 valence electrons. The van der Waals surface area contributed by atoms with Crippen LogP contribution in [0, 0.1) is 6.92 Å². The van der Waals surface area contributed by atoms with Gasteiger partial charge in [0.05, 0.1) is 6.17 Å². The predicted molar refractivity (Wildman–Crippen MR) is 116 cm³/mol. The Labute approximate surface area is 165 Å². The standard InChI is InChI=1S/C22H23BN4O/c1-15-14-20-19-11-10-16(2)24-21(19)28-22(20)25(4)23(15)27-13-12-26(17(27)3)18-8-6-5-7-9-18/h5-14,17H,1-4H3/t17-/m0/s1. The first kappa shape index (κ1) is 17.0. The lowest BCUT2D eigenvalue weighted by Crippen LogP contribution is -2.55. The highest BCUT2D eigenvalue weighted by molar-refractivity contribution is 6.69. The van der Waals surface area contributed by atoms with Gasteiger partial charge in [-0.3, -0.25) is 0 Å². The van der Waals surface area contributed by atoms with E-state index in [0.29, 0.717) is 5.71 Å². The van der Waals surface area contributed by atoms with Crippen molar-refractivity contribution in [1.29, 1.82) is 0 Å². The zero-order valence-corrected chi connectivity index (χ0v) is 16.6. The summed E-state index contributed by atoms with van der Waals surface area (Å²) in [5, 5.41) is 1.07. The molecule has 0 radical (unpaired) electrons. The Kier molecular flexibility index (Phi) is 3.76. The Hall–Kier alpha value is -3.15. The monoisotopic (exact) mass is 370 g/mol. The summed E-state index contributed by atoms with van der Waals surface area (Å²) in [5.74, 6) is 0.877. The van der Waals surface area contributed by atoms with Gasteiger partial charge in [-0.15, -0.1) is 0 Å². The van der Waals surface area contributed by atoms with Crippen molar-refractivity contribution in [3.05, 3.63) is 71.6 Å². The highest BCUT2D eigenvalue weighted by Gasteiger charge is 2.41. The van der Waals surface area contributed by atoms with Crippen molar-refractivity contribution in [3.8, 4) is 0 Å². The van der Waals surface area contributed by atoms with Gasteiger partial charge in [0.1, 0.15) is 0 Å². The quantitative estimate of drug-likeness (QED) is 0.614. The molecular formula is C22H23BN4O. The zero-order chi connectivity index (χ0) is 19.4. The van der Waals surface area contributed by atoms with E-state index in [0.717, 1.165) is 22.5 Å². The maximum atomic E-state index is 6.17. The number of aryl methyl sites for hydroxylation is 1. The number of allylic oxidation sites excluding steroid dienone is 1. The van der Waals surface area contributed by atoms with Gasteiger partial charge in [0.2, 0.25) is 5.71 Å².